The number of carbonyl (C=O) groups is 2. The van der Waals surface area contributed by atoms with Crippen molar-refractivity contribution in [1.82, 2.24) is 9.80 Å². The van der Waals surface area contributed by atoms with Gasteiger partial charge in [-0.1, -0.05) is 31.5 Å². The number of hydrogen-bond acceptors (Lipinski definition) is 5. The van der Waals surface area contributed by atoms with E-state index in [9.17, 15) is 9.59 Å². The molecule has 1 aliphatic rings. The van der Waals surface area contributed by atoms with Crippen LogP contribution in [0.3, 0.4) is 0 Å². The topological polar surface area (TPSA) is 52.7 Å². The van der Waals surface area contributed by atoms with E-state index in [1.807, 2.05) is 43.8 Å². The molecule has 0 saturated carbocycles. The van der Waals surface area contributed by atoms with E-state index in [0.29, 0.717) is 6.54 Å². The zero-order valence-electron chi connectivity index (χ0n) is 17.6. The van der Waals surface area contributed by atoms with E-state index in [2.05, 4.69) is 22.0 Å². The van der Waals surface area contributed by atoms with E-state index in [-0.39, 0.29) is 11.9 Å². The lowest BCUT2D eigenvalue weighted by molar-refractivity contribution is -0.122. The highest BCUT2D eigenvalue weighted by molar-refractivity contribution is 7.99. The van der Waals surface area contributed by atoms with Gasteiger partial charge < -0.3 is 10.1 Å². The lowest BCUT2D eigenvalue weighted by Crippen LogP contribution is -2.47. The Morgan fingerprint density at radius 1 is 1.29 bits per heavy atom. The highest BCUT2D eigenvalue weighted by Gasteiger charge is 2.29. The molecule has 1 aliphatic heterocycles. The molecule has 5 nitrogen and oxygen atoms in total. The smallest absolute Gasteiger partial charge is 0.241 e. The predicted molar refractivity (Wildman–Crippen MR) is 119 cm³/mol. The van der Waals surface area contributed by atoms with Gasteiger partial charge in [0, 0.05) is 23.9 Å². The Hall–Kier alpha value is -1.37. The highest BCUT2D eigenvalue weighted by atomic mass is 32.2. The standard InChI is InChI=1S/C22H35N3O2S/c1-4-11-24(13-15-26)14-16-28-17-25-12-6-5-10-20(25)22(27)23-21-18(2)8-7-9-19(21)3/h7-9,15,20H,4-6,10-14,16-17H2,1-3H3,(H,23,27). The van der Waals surface area contributed by atoms with Crippen molar-refractivity contribution in [2.24, 2.45) is 0 Å². The zero-order valence-corrected chi connectivity index (χ0v) is 18.4. The van der Waals surface area contributed by atoms with Crippen molar-refractivity contribution in [3.63, 3.8) is 0 Å². The van der Waals surface area contributed by atoms with Gasteiger partial charge in [-0.15, -0.1) is 11.8 Å². The van der Waals surface area contributed by atoms with Crippen LogP contribution in [0.4, 0.5) is 5.69 Å². The number of nitrogens with zero attached hydrogens (tertiary/aromatic N) is 2. The van der Waals surface area contributed by atoms with Crippen LogP contribution in [0.5, 0.6) is 0 Å². The molecule has 1 amide bonds. The molecule has 1 aromatic carbocycles. The number of piperidine rings is 1. The summed E-state index contributed by atoms with van der Waals surface area (Å²) in [5.41, 5.74) is 3.17. The van der Waals surface area contributed by atoms with Crippen LogP contribution >= 0.6 is 11.8 Å². The van der Waals surface area contributed by atoms with Crippen LogP contribution in [0, 0.1) is 13.8 Å². The first-order chi connectivity index (χ1) is 13.6. The van der Waals surface area contributed by atoms with Gasteiger partial charge in [0.05, 0.1) is 12.6 Å². The molecule has 0 spiro atoms. The van der Waals surface area contributed by atoms with E-state index in [0.717, 1.165) is 80.0 Å². The molecular weight excluding hydrogens is 370 g/mol. The van der Waals surface area contributed by atoms with Gasteiger partial charge in [0.2, 0.25) is 5.91 Å². The third kappa shape index (κ3) is 6.90. The second kappa shape index (κ2) is 12.2. The summed E-state index contributed by atoms with van der Waals surface area (Å²) in [6.07, 6.45) is 5.23. The van der Waals surface area contributed by atoms with Gasteiger partial charge >= 0.3 is 0 Å². The van der Waals surface area contributed by atoms with Gasteiger partial charge in [-0.25, -0.2) is 0 Å². The van der Waals surface area contributed by atoms with Crippen LogP contribution in [0.2, 0.25) is 0 Å². The summed E-state index contributed by atoms with van der Waals surface area (Å²) in [5.74, 6) is 1.97. The second-order valence-corrected chi connectivity index (χ2v) is 8.66. The minimum absolute atomic E-state index is 0.0537. The normalized spacial score (nSPS) is 17.6. The monoisotopic (exact) mass is 405 g/mol. The second-order valence-electron chi connectivity index (χ2n) is 7.58. The van der Waals surface area contributed by atoms with Gasteiger partial charge in [0.25, 0.3) is 0 Å². The van der Waals surface area contributed by atoms with Crippen molar-refractivity contribution in [3.8, 4) is 0 Å². The number of aldehydes is 1. The first-order valence-electron chi connectivity index (χ1n) is 10.4. The first kappa shape index (κ1) is 22.9. The summed E-state index contributed by atoms with van der Waals surface area (Å²) in [5, 5.41) is 3.18. The van der Waals surface area contributed by atoms with Gasteiger partial charge in [-0.3, -0.25) is 14.6 Å². The third-order valence-electron chi connectivity index (χ3n) is 5.33. The van der Waals surface area contributed by atoms with E-state index < -0.39 is 0 Å². The molecule has 1 N–H and O–H groups in total. The molecule has 28 heavy (non-hydrogen) atoms. The van der Waals surface area contributed by atoms with Crippen LogP contribution in [0.1, 0.15) is 43.7 Å². The number of amides is 1. The van der Waals surface area contributed by atoms with Gasteiger partial charge in [-0.2, -0.15) is 0 Å². The molecule has 6 heteroatoms. The number of benzene rings is 1. The quantitative estimate of drug-likeness (QED) is 0.449. The molecule has 1 atom stereocenters. The highest BCUT2D eigenvalue weighted by Crippen LogP contribution is 2.24. The molecule has 2 rings (SSSR count). The fourth-order valence-electron chi connectivity index (χ4n) is 3.75. The summed E-state index contributed by atoms with van der Waals surface area (Å²) in [6.45, 7) is 9.59. The minimum Gasteiger partial charge on any atom is -0.324 e. The number of nitrogens with one attached hydrogen (secondary N) is 1. The van der Waals surface area contributed by atoms with Crippen molar-refractivity contribution in [3.05, 3.63) is 29.3 Å². The van der Waals surface area contributed by atoms with Crippen LogP contribution < -0.4 is 5.32 Å². The van der Waals surface area contributed by atoms with Crippen LogP contribution in [0.15, 0.2) is 18.2 Å². The average molecular weight is 406 g/mol. The maximum absolute atomic E-state index is 13.0. The van der Waals surface area contributed by atoms with Crippen LogP contribution in [-0.2, 0) is 9.59 Å². The Balaban J connectivity index is 1.87. The maximum atomic E-state index is 13.0. The van der Waals surface area contributed by atoms with E-state index in [4.69, 9.17) is 0 Å². The van der Waals surface area contributed by atoms with Gasteiger partial charge in [-0.05, 0) is 57.3 Å². The fraction of sp³-hybridized carbons (Fsp3) is 0.636. The van der Waals surface area contributed by atoms with E-state index in [1.54, 1.807) is 0 Å². The van der Waals surface area contributed by atoms with Crippen molar-refractivity contribution in [1.29, 1.82) is 0 Å². The lowest BCUT2D eigenvalue weighted by atomic mass is 10.0. The number of rotatable bonds is 11. The number of hydrogen-bond donors (Lipinski definition) is 1. The summed E-state index contributed by atoms with van der Waals surface area (Å²) >= 11 is 1.86. The number of anilines is 1. The molecule has 1 fully saturated rings. The largest absolute Gasteiger partial charge is 0.324 e. The summed E-state index contributed by atoms with van der Waals surface area (Å²) in [7, 11) is 0. The molecule has 1 saturated heterocycles. The van der Waals surface area contributed by atoms with Gasteiger partial charge in [0.1, 0.15) is 6.29 Å². The minimum atomic E-state index is -0.0537. The number of para-hydroxylation sites is 1. The van der Waals surface area contributed by atoms with Gasteiger partial charge in [0.15, 0.2) is 0 Å². The Labute approximate surface area is 174 Å². The number of likely N-dealkylation sites (tertiary alicyclic amines) is 1. The van der Waals surface area contributed by atoms with Crippen molar-refractivity contribution >= 4 is 29.6 Å². The fourth-order valence-corrected chi connectivity index (χ4v) is 4.81. The average Bonchev–Trinajstić information content (AvgIpc) is 2.68. The molecule has 1 heterocycles. The Morgan fingerprint density at radius 2 is 2.04 bits per heavy atom. The maximum Gasteiger partial charge on any atom is 0.241 e. The van der Waals surface area contributed by atoms with Crippen molar-refractivity contribution in [2.75, 3.05) is 43.1 Å². The summed E-state index contributed by atoms with van der Waals surface area (Å²) in [6, 6.07) is 6.05. The molecular formula is C22H35N3O2S. The molecule has 0 radical (unpaired) electrons. The van der Waals surface area contributed by atoms with Crippen molar-refractivity contribution < 1.29 is 9.59 Å². The summed E-state index contributed by atoms with van der Waals surface area (Å²) in [4.78, 5) is 28.3. The Bertz CT molecular complexity index is 618. The van der Waals surface area contributed by atoms with Crippen LogP contribution in [0.25, 0.3) is 0 Å². The number of thioether (sulfide) groups is 1. The molecule has 0 aromatic heterocycles. The Morgan fingerprint density at radius 3 is 2.71 bits per heavy atom. The first-order valence-corrected chi connectivity index (χ1v) is 11.6. The van der Waals surface area contributed by atoms with E-state index in [1.165, 1.54) is 0 Å². The molecule has 0 bridgehead atoms. The SMILES string of the molecule is CCCN(CC=O)CCSCN1CCCCC1C(=O)Nc1c(C)cccc1C. The molecule has 156 valence electrons. The lowest BCUT2D eigenvalue weighted by Gasteiger charge is -2.34. The van der Waals surface area contributed by atoms with Crippen molar-refractivity contribution in [2.45, 2.75) is 52.5 Å². The number of aryl methyl sites for hydroxylation is 2. The number of carbonyl (C=O) groups excluding carboxylic acids is 2. The summed E-state index contributed by atoms with van der Waals surface area (Å²) < 4.78 is 0. The molecule has 1 aromatic rings. The molecule has 1 unspecified atom stereocenters. The predicted octanol–water partition coefficient (Wildman–Crippen LogP) is 3.70. The zero-order chi connectivity index (χ0) is 20.4. The van der Waals surface area contributed by atoms with Crippen LogP contribution in [-0.4, -0.2) is 65.8 Å². The molecule has 0 aliphatic carbocycles. The van der Waals surface area contributed by atoms with E-state index >= 15 is 0 Å². The Kier molecular flexibility index (Phi) is 10.0. The third-order valence-corrected chi connectivity index (χ3v) is 6.31.